The van der Waals surface area contributed by atoms with Crippen molar-refractivity contribution in [3.05, 3.63) is 40.5 Å². The van der Waals surface area contributed by atoms with Gasteiger partial charge in [0.05, 0.1) is 40.5 Å². The lowest BCUT2D eigenvalue weighted by Crippen LogP contribution is -2.29. The highest BCUT2D eigenvalue weighted by atomic mass is 19.1. The number of hydrogen-bond donors (Lipinski definition) is 2. The molecule has 9 heteroatoms. The second kappa shape index (κ2) is 7.47. The highest BCUT2D eigenvalue weighted by Gasteiger charge is 2.37. The summed E-state index contributed by atoms with van der Waals surface area (Å²) in [7, 11) is 0. The maximum absolute atomic E-state index is 15.0. The summed E-state index contributed by atoms with van der Waals surface area (Å²) < 4.78 is 21.5. The zero-order valence-corrected chi connectivity index (χ0v) is 17.8. The van der Waals surface area contributed by atoms with Gasteiger partial charge in [0.15, 0.2) is 5.78 Å². The van der Waals surface area contributed by atoms with E-state index >= 15 is 4.39 Å². The molecule has 164 valence electrons. The number of cyclic esters (lactones) is 1. The van der Waals surface area contributed by atoms with Gasteiger partial charge in [0.1, 0.15) is 11.9 Å². The first-order valence-electron chi connectivity index (χ1n) is 10.3. The van der Waals surface area contributed by atoms with E-state index in [1.54, 1.807) is 4.68 Å². The molecule has 1 unspecified atom stereocenters. The molecule has 8 nitrogen and oxygen atoms in total. The van der Waals surface area contributed by atoms with E-state index in [9.17, 15) is 14.4 Å². The zero-order chi connectivity index (χ0) is 22.5. The van der Waals surface area contributed by atoms with Crippen molar-refractivity contribution in [1.29, 1.82) is 0 Å². The number of ether oxygens (including phenoxy) is 1. The molecule has 0 radical (unpaired) electrons. The number of nitrogens with two attached hydrogens (primary N) is 1. The van der Waals surface area contributed by atoms with Crippen molar-refractivity contribution in [2.75, 3.05) is 11.9 Å². The molecular weight excluding hydrogens is 403 g/mol. The molecule has 1 fully saturated rings. The van der Waals surface area contributed by atoms with Crippen LogP contribution >= 0.6 is 0 Å². The van der Waals surface area contributed by atoms with Gasteiger partial charge in [-0.1, -0.05) is 20.8 Å². The Hall–Kier alpha value is -3.23. The van der Waals surface area contributed by atoms with E-state index in [-0.39, 0.29) is 29.1 Å². The zero-order valence-electron chi connectivity index (χ0n) is 17.8. The summed E-state index contributed by atoms with van der Waals surface area (Å²) >= 11 is 0. The number of nitrogens with zero attached hydrogens (tertiary/aromatic N) is 2. The second-order valence-corrected chi connectivity index (χ2v) is 8.84. The molecule has 0 saturated carbocycles. The minimum Gasteiger partial charge on any atom is -0.464 e. The number of aromatic nitrogens is 2. The number of aryl methyl sites for hydroxylation is 1. The second-order valence-electron chi connectivity index (χ2n) is 8.84. The van der Waals surface area contributed by atoms with Gasteiger partial charge in [-0.05, 0) is 24.3 Å². The summed E-state index contributed by atoms with van der Waals surface area (Å²) in [6, 6.07) is 2.01. The van der Waals surface area contributed by atoms with Gasteiger partial charge in [0, 0.05) is 18.9 Å². The molecule has 4 rings (SSSR count). The van der Waals surface area contributed by atoms with Crippen LogP contribution in [0.3, 0.4) is 0 Å². The van der Waals surface area contributed by atoms with Gasteiger partial charge in [-0.15, -0.1) is 0 Å². The number of ketones is 1. The maximum atomic E-state index is 15.0. The van der Waals surface area contributed by atoms with E-state index in [1.807, 2.05) is 20.8 Å². The third-order valence-electron chi connectivity index (χ3n) is 5.78. The Kier molecular flexibility index (Phi) is 5.07. The molecule has 2 heterocycles. The quantitative estimate of drug-likeness (QED) is 0.707. The molecular formula is C22H25FN4O4. The van der Waals surface area contributed by atoms with Crippen molar-refractivity contribution in [3.8, 4) is 5.69 Å². The Labute approximate surface area is 178 Å². The monoisotopic (exact) mass is 428 g/mol. The number of rotatable bonds is 5. The average Bonchev–Trinajstić information content (AvgIpc) is 3.23. The third-order valence-corrected chi connectivity index (χ3v) is 5.78. The van der Waals surface area contributed by atoms with Crippen molar-refractivity contribution >= 4 is 23.3 Å². The summed E-state index contributed by atoms with van der Waals surface area (Å²) in [5.74, 6) is -2.23. The molecule has 1 aliphatic carbocycles. The fourth-order valence-electron chi connectivity index (χ4n) is 4.38. The van der Waals surface area contributed by atoms with E-state index in [2.05, 4.69) is 10.4 Å². The first-order valence-corrected chi connectivity index (χ1v) is 10.3. The summed E-state index contributed by atoms with van der Waals surface area (Å²) in [6.45, 7) is 6.17. The summed E-state index contributed by atoms with van der Waals surface area (Å²) in [5.41, 5.74) is 7.21. The predicted molar refractivity (Wildman–Crippen MR) is 111 cm³/mol. The molecule has 1 aliphatic heterocycles. The van der Waals surface area contributed by atoms with E-state index in [4.69, 9.17) is 10.5 Å². The minimum absolute atomic E-state index is 0.0237. The SMILES string of the molecule is CCc1nn(-c2cc(F)c(C(N)=O)c(NC3CCOC3=O)c2)c2c1C(=O)CC(C)(C)C2. The number of carbonyl (C=O) groups is 3. The summed E-state index contributed by atoms with van der Waals surface area (Å²) in [5, 5.41) is 7.49. The largest absolute Gasteiger partial charge is 0.464 e. The molecule has 0 bridgehead atoms. The van der Waals surface area contributed by atoms with Gasteiger partial charge < -0.3 is 15.8 Å². The average molecular weight is 428 g/mol. The molecule has 2 aliphatic rings. The van der Waals surface area contributed by atoms with Gasteiger partial charge >= 0.3 is 5.97 Å². The van der Waals surface area contributed by atoms with Crippen LogP contribution in [-0.2, 0) is 22.4 Å². The number of amides is 1. The van der Waals surface area contributed by atoms with Crippen LogP contribution in [0.2, 0.25) is 0 Å². The van der Waals surface area contributed by atoms with Gasteiger partial charge in [-0.2, -0.15) is 5.10 Å². The Morgan fingerprint density at radius 2 is 2.10 bits per heavy atom. The van der Waals surface area contributed by atoms with Crippen LogP contribution in [0.15, 0.2) is 12.1 Å². The number of nitrogens with one attached hydrogen (secondary N) is 1. The Balaban J connectivity index is 1.87. The Morgan fingerprint density at radius 3 is 2.71 bits per heavy atom. The van der Waals surface area contributed by atoms with Crippen molar-refractivity contribution < 1.29 is 23.5 Å². The smallest absolute Gasteiger partial charge is 0.328 e. The topological polar surface area (TPSA) is 116 Å². The lowest BCUT2D eigenvalue weighted by Gasteiger charge is -2.29. The fourth-order valence-corrected chi connectivity index (χ4v) is 4.38. The molecule has 2 aromatic rings. The third kappa shape index (κ3) is 3.68. The van der Waals surface area contributed by atoms with Gasteiger partial charge in [0.2, 0.25) is 0 Å². The van der Waals surface area contributed by atoms with Crippen molar-refractivity contribution in [2.24, 2.45) is 11.1 Å². The number of Topliss-reactive ketones (excluding diaryl/α,β-unsaturated/α-hetero) is 1. The van der Waals surface area contributed by atoms with Crippen LogP contribution in [0, 0.1) is 11.2 Å². The first-order chi connectivity index (χ1) is 14.6. The summed E-state index contributed by atoms with van der Waals surface area (Å²) in [6.07, 6.45) is 1.97. The molecule has 1 amide bonds. The lowest BCUT2D eigenvalue weighted by atomic mass is 9.75. The molecule has 31 heavy (non-hydrogen) atoms. The van der Waals surface area contributed by atoms with Crippen molar-refractivity contribution in [1.82, 2.24) is 9.78 Å². The number of hydrogen-bond acceptors (Lipinski definition) is 6. The van der Waals surface area contributed by atoms with Crippen LogP contribution in [0.5, 0.6) is 0 Å². The highest BCUT2D eigenvalue weighted by molar-refractivity contribution is 6.01. The lowest BCUT2D eigenvalue weighted by molar-refractivity contribution is -0.138. The normalized spacial score (nSPS) is 19.8. The molecule has 1 aromatic heterocycles. The van der Waals surface area contributed by atoms with Gasteiger partial charge in [-0.3, -0.25) is 9.59 Å². The van der Waals surface area contributed by atoms with Crippen LogP contribution < -0.4 is 11.1 Å². The van der Waals surface area contributed by atoms with Crippen molar-refractivity contribution in [2.45, 2.75) is 52.5 Å². The first kappa shape index (κ1) is 21.0. The number of esters is 1. The van der Waals surface area contributed by atoms with E-state index in [0.29, 0.717) is 42.6 Å². The van der Waals surface area contributed by atoms with Crippen LogP contribution in [0.4, 0.5) is 10.1 Å². The minimum atomic E-state index is -0.953. The van der Waals surface area contributed by atoms with Crippen LogP contribution in [0.25, 0.3) is 5.69 Å². The van der Waals surface area contributed by atoms with E-state index in [0.717, 1.165) is 5.69 Å². The molecule has 0 spiro atoms. The number of primary amides is 1. The summed E-state index contributed by atoms with van der Waals surface area (Å²) in [4.78, 5) is 36.6. The van der Waals surface area contributed by atoms with E-state index < -0.39 is 23.7 Å². The van der Waals surface area contributed by atoms with Crippen LogP contribution in [0.1, 0.15) is 65.7 Å². The Bertz CT molecular complexity index is 1110. The fraction of sp³-hybridized carbons (Fsp3) is 0.455. The number of carbonyl (C=O) groups excluding carboxylic acids is 3. The standard InChI is InChI=1S/C22H25FN4O4/c1-4-13-19-16(9-22(2,3)10-17(19)28)27(26-13)11-7-12(23)18(20(24)29)15(8-11)25-14-5-6-31-21(14)30/h7-8,14,25H,4-6,9-10H2,1-3H3,(H2,24,29). The number of halogens is 1. The maximum Gasteiger partial charge on any atom is 0.328 e. The van der Waals surface area contributed by atoms with Gasteiger partial charge in [0.25, 0.3) is 5.91 Å². The number of benzene rings is 1. The highest BCUT2D eigenvalue weighted by Crippen LogP contribution is 2.38. The number of anilines is 1. The van der Waals surface area contributed by atoms with Crippen LogP contribution in [-0.4, -0.2) is 40.1 Å². The number of fused-ring (bicyclic) bond motifs is 1. The molecule has 1 saturated heterocycles. The van der Waals surface area contributed by atoms with E-state index in [1.165, 1.54) is 12.1 Å². The molecule has 3 N–H and O–H groups in total. The Morgan fingerprint density at radius 1 is 1.35 bits per heavy atom. The van der Waals surface area contributed by atoms with Crippen molar-refractivity contribution in [3.63, 3.8) is 0 Å². The van der Waals surface area contributed by atoms with Gasteiger partial charge in [-0.25, -0.2) is 13.9 Å². The molecule has 1 atom stereocenters. The predicted octanol–water partition coefficient (Wildman–Crippen LogP) is 2.56. The molecule has 1 aromatic carbocycles.